The van der Waals surface area contributed by atoms with Gasteiger partial charge in [0, 0.05) is 18.0 Å². The lowest BCUT2D eigenvalue weighted by atomic mass is 10.2. The van der Waals surface area contributed by atoms with Crippen LogP contribution in [0.1, 0.15) is 16.2 Å². The molecule has 0 amide bonds. The van der Waals surface area contributed by atoms with E-state index in [1.54, 1.807) is 18.3 Å². The van der Waals surface area contributed by atoms with Crippen LogP contribution in [0.15, 0.2) is 33.5 Å². The Morgan fingerprint density at radius 1 is 1.37 bits per heavy atom. The van der Waals surface area contributed by atoms with Crippen molar-refractivity contribution in [3.63, 3.8) is 0 Å². The van der Waals surface area contributed by atoms with Gasteiger partial charge in [0.1, 0.15) is 24.5 Å². The highest BCUT2D eigenvalue weighted by atomic mass is 79.9. The maximum atomic E-state index is 10.7. The Kier molecular flexibility index (Phi) is 4.76. The third kappa shape index (κ3) is 3.45. The van der Waals surface area contributed by atoms with E-state index in [-0.39, 0.29) is 0 Å². The molecule has 2 aromatic rings. The second-order valence-electron chi connectivity index (χ2n) is 3.95. The lowest BCUT2D eigenvalue weighted by Crippen LogP contribution is -2.09. The number of halogens is 2. The minimum atomic E-state index is 0.523. The molecule has 0 aliphatic carbocycles. The summed E-state index contributed by atoms with van der Waals surface area (Å²) in [6, 6.07) is 3.46. The molecule has 0 saturated carbocycles. The molecular formula is C13H12Br2N2O2. The third-order valence-electron chi connectivity index (χ3n) is 2.66. The van der Waals surface area contributed by atoms with Gasteiger partial charge in [-0.3, -0.25) is 4.79 Å². The van der Waals surface area contributed by atoms with E-state index in [9.17, 15) is 4.79 Å². The fourth-order valence-corrected chi connectivity index (χ4v) is 3.12. The first kappa shape index (κ1) is 14.3. The number of nitrogens with zero attached hydrogens (tertiary/aromatic N) is 2. The van der Waals surface area contributed by atoms with Gasteiger partial charge in [-0.25, -0.2) is 4.98 Å². The van der Waals surface area contributed by atoms with Crippen LogP contribution in [-0.2, 0) is 6.54 Å². The van der Waals surface area contributed by atoms with Gasteiger partial charge in [-0.15, -0.1) is 0 Å². The van der Waals surface area contributed by atoms with Gasteiger partial charge >= 0.3 is 0 Å². The van der Waals surface area contributed by atoms with E-state index in [0.717, 1.165) is 27.6 Å². The minimum Gasteiger partial charge on any atom is -0.489 e. The second-order valence-corrected chi connectivity index (χ2v) is 5.66. The molecule has 1 aromatic heterocycles. The smallest absolute Gasteiger partial charge is 0.150 e. The Labute approximate surface area is 128 Å². The summed E-state index contributed by atoms with van der Waals surface area (Å²) in [6.45, 7) is 3.19. The van der Waals surface area contributed by atoms with E-state index in [2.05, 4.69) is 36.8 Å². The highest BCUT2D eigenvalue weighted by Crippen LogP contribution is 2.34. The van der Waals surface area contributed by atoms with E-state index in [4.69, 9.17) is 4.74 Å². The van der Waals surface area contributed by atoms with Gasteiger partial charge in [0.2, 0.25) is 0 Å². The van der Waals surface area contributed by atoms with Crippen LogP contribution in [0.4, 0.5) is 0 Å². The zero-order valence-corrected chi connectivity index (χ0v) is 13.4. The molecule has 1 aromatic carbocycles. The summed E-state index contributed by atoms with van der Waals surface area (Å²) in [5.41, 5.74) is 0.594. The fraction of sp³-hybridized carbons (Fsp3) is 0.231. The number of benzene rings is 1. The average molecular weight is 388 g/mol. The standard InChI is InChI=1S/C13H12Br2N2O2/c1-9-16-2-3-17(9)4-5-19-13-11(14)6-10(8-18)7-12(13)15/h2-3,6-8H,4-5H2,1H3. The number of carbonyl (C=O) groups is 1. The molecule has 100 valence electrons. The molecule has 6 heteroatoms. The molecule has 0 aliphatic rings. The monoisotopic (exact) mass is 386 g/mol. The number of aromatic nitrogens is 2. The number of ether oxygens (including phenoxy) is 1. The van der Waals surface area contributed by atoms with E-state index in [0.29, 0.717) is 17.9 Å². The molecule has 0 aliphatic heterocycles. The van der Waals surface area contributed by atoms with Crippen molar-refractivity contribution in [2.75, 3.05) is 6.61 Å². The van der Waals surface area contributed by atoms with Crippen molar-refractivity contribution in [3.8, 4) is 5.75 Å². The summed E-state index contributed by atoms with van der Waals surface area (Å²) in [4.78, 5) is 14.9. The van der Waals surface area contributed by atoms with Crippen molar-refractivity contribution in [1.82, 2.24) is 9.55 Å². The van der Waals surface area contributed by atoms with Crippen LogP contribution in [0.3, 0.4) is 0 Å². The zero-order chi connectivity index (χ0) is 13.8. The van der Waals surface area contributed by atoms with Gasteiger partial charge in [-0.1, -0.05) is 0 Å². The van der Waals surface area contributed by atoms with E-state index >= 15 is 0 Å². The second kappa shape index (κ2) is 6.34. The molecule has 4 nitrogen and oxygen atoms in total. The van der Waals surface area contributed by atoms with Crippen LogP contribution in [0.2, 0.25) is 0 Å². The lowest BCUT2D eigenvalue weighted by molar-refractivity contribution is 0.112. The number of aryl methyl sites for hydroxylation is 1. The van der Waals surface area contributed by atoms with E-state index < -0.39 is 0 Å². The molecule has 0 saturated heterocycles. The van der Waals surface area contributed by atoms with Gasteiger partial charge in [-0.05, 0) is 50.9 Å². The first-order valence-electron chi connectivity index (χ1n) is 5.66. The van der Waals surface area contributed by atoms with Crippen molar-refractivity contribution in [1.29, 1.82) is 0 Å². The largest absolute Gasteiger partial charge is 0.489 e. The highest BCUT2D eigenvalue weighted by molar-refractivity contribution is 9.11. The van der Waals surface area contributed by atoms with Crippen LogP contribution < -0.4 is 4.74 Å². The maximum absolute atomic E-state index is 10.7. The summed E-state index contributed by atoms with van der Waals surface area (Å²) in [7, 11) is 0. The van der Waals surface area contributed by atoms with Crippen molar-refractivity contribution in [3.05, 3.63) is 44.9 Å². The molecule has 1 heterocycles. The molecular weight excluding hydrogens is 376 g/mol. The Morgan fingerprint density at radius 3 is 2.58 bits per heavy atom. The van der Waals surface area contributed by atoms with Gasteiger partial charge in [0.25, 0.3) is 0 Å². The number of aldehydes is 1. The molecule has 19 heavy (non-hydrogen) atoms. The first-order chi connectivity index (χ1) is 9.11. The lowest BCUT2D eigenvalue weighted by Gasteiger charge is -2.11. The Hall–Kier alpha value is -1.14. The molecule has 0 spiro atoms. The molecule has 0 unspecified atom stereocenters. The van der Waals surface area contributed by atoms with Crippen LogP contribution >= 0.6 is 31.9 Å². The zero-order valence-electron chi connectivity index (χ0n) is 10.3. The number of rotatable bonds is 5. The SMILES string of the molecule is Cc1nccn1CCOc1c(Br)cc(C=O)cc1Br. The molecule has 0 radical (unpaired) electrons. The normalized spacial score (nSPS) is 10.5. The van der Waals surface area contributed by atoms with E-state index in [1.807, 2.05) is 17.7 Å². The summed E-state index contributed by atoms with van der Waals surface area (Å²) in [6.07, 6.45) is 4.48. The van der Waals surface area contributed by atoms with Crippen molar-refractivity contribution < 1.29 is 9.53 Å². The average Bonchev–Trinajstić information content (AvgIpc) is 2.78. The Bertz CT molecular complexity index is 573. The third-order valence-corrected chi connectivity index (χ3v) is 3.84. The van der Waals surface area contributed by atoms with Gasteiger partial charge < -0.3 is 9.30 Å². The van der Waals surface area contributed by atoms with Crippen LogP contribution in [-0.4, -0.2) is 22.4 Å². The highest BCUT2D eigenvalue weighted by Gasteiger charge is 2.09. The number of hydrogen-bond acceptors (Lipinski definition) is 3. The fourth-order valence-electron chi connectivity index (χ4n) is 1.67. The summed E-state index contributed by atoms with van der Waals surface area (Å²) >= 11 is 6.80. The minimum absolute atomic E-state index is 0.523. The first-order valence-corrected chi connectivity index (χ1v) is 7.25. The summed E-state index contributed by atoms with van der Waals surface area (Å²) < 4.78 is 9.26. The van der Waals surface area contributed by atoms with Crippen molar-refractivity contribution >= 4 is 38.1 Å². The molecule has 0 bridgehead atoms. The predicted octanol–water partition coefficient (Wildman–Crippen LogP) is 3.61. The topological polar surface area (TPSA) is 44.1 Å². The quantitative estimate of drug-likeness (QED) is 0.736. The van der Waals surface area contributed by atoms with Crippen molar-refractivity contribution in [2.45, 2.75) is 13.5 Å². The van der Waals surface area contributed by atoms with Crippen LogP contribution in [0.5, 0.6) is 5.75 Å². The molecule has 0 fully saturated rings. The summed E-state index contributed by atoms with van der Waals surface area (Å²) in [5.74, 6) is 1.65. The number of imidazole rings is 1. The molecule has 0 N–H and O–H groups in total. The molecule has 2 rings (SSSR count). The van der Waals surface area contributed by atoms with Gasteiger partial charge in [-0.2, -0.15) is 0 Å². The van der Waals surface area contributed by atoms with E-state index in [1.165, 1.54) is 0 Å². The Balaban J connectivity index is 2.04. The maximum Gasteiger partial charge on any atom is 0.150 e. The van der Waals surface area contributed by atoms with Gasteiger partial charge in [0.15, 0.2) is 0 Å². The van der Waals surface area contributed by atoms with Gasteiger partial charge in [0.05, 0.1) is 15.5 Å². The van der Waals surface area contributed by atoms with Crippen LogP contribution in [0.25, 0.3) is 0 Å². The van der Waals surface area contributed by atoms with Crippen LogP contribution in [0, 0.1) is 6.92 Å². The number of carbonyl (C=O) groups excluding carboxylic acids is 1. The molecule has 0 atom stereocenters. The van der Waals surface area contributed by atoms with Crippen molar-refractivity contribution in [2.24, 2.45) is 0 Å². The predicted molar refractivity (Wildman–Crippen MR) is 79.7 cm³/mol. The summed E-state index contributed by atoms with van der Waals surface area (Å²) in [5, 5.41) is 0. The Morgan fingerprint density at radius 2 is 2.05 bits per heavy atom. The number of hydrogen-bond donors (Lipinski definition) is 0.